The van der Waals surface area contributed by atoms with Crippen LogP contribution in [0.4, 0.5) is 26.3 Å². The van der Waals surface area contributed by atoms with Crippen molar-refractivity contribution in [2.45, 2.75) is 37.7 Å². The molecule has 0 aliphatic carbocycles. The lowest BCUT2D eigenvalue weighted by Gasteiger charge is -2.18. The van der Waals surface area contributed by atoms with Gasteiger partial charge in [0, 0.05) is 12.5 Å². The summed E-state index contributed by atoms with van der Waals surface area (Å²) in [6.45, 7) is 1.50. The number of rotatable bonds is 3. The molecule has 1 aromatic rings. The van der Waals surface area contributed by atoms with Gasteiger partial charge in [0.15, 0.2) is 5.82 Å². The molecule has 0 fully saturated rings. The van der Waals surface area contributed by atoms with Gasteiger partial charge in [0.25, 0.3) is 0 Å². The van der Waals surface area contributed by atoms with Gasteiger partial charge >= 0.3 is 12.4 Å². The molecular weight excluding hydrogens is 268 g/mol. The first-order valence-electron chi connectivity index (χ1n) is 4.73. The van der Waals surface area contributed by atoms with Gasteiger partial charge in [-0.1, -0.05) is 5.16 Å². The summed E-state index contributed by atoms with van der Waals surface area (Å²) in [5.74, 6) is -5.59. The first kappa shape index (κ1) is 14.7. The molecule has 4 nitrogen and oxygen atoms in total. The Kier molecular flexibility index (Phi) is 3.89. The van der Waals surface area contributed by atoms with E-state index in [9.17, 15) is 26.3 Å². The second-order valence-electron chi connectivity index (χ2n) is 3.75. The summed E-state index contributed by atoms with van der Waals surface area (Å²) in [7, 11) is 0. The molecule has 1 heterocycles. The number of hydrogen-bond donors (Lipinski definition) is 1. The highest BCUT2D eigenvalue weighted by Gasteiger charge is 2.60. The third-order valence-corrected chi connectivity index (χ3v) is 1.89. The van der Waals surface area contributed by atoms with Crippen molar-refractivity contribution in [2.75, 3.05) is 0 Å². The Morgan fingerprint density at radius 3 is 2.06 bits per heavy atom. The number of nitrogens with two attached hydrogens (primary N) is 1. The lowest BCUT2D eigenvalue weighted by Crippen LogP contribution is -2.34. The minimum atomic E-state index is -5.55. The van der Waals surface area contributed by atoms with Crippen molar-refractivity contribution in [1.82, 2.24) is 10.1 Å². The van der Waals surface area contributed by atoms with Crippen LogP contribution in [0.3, 0.4) is 0 Å². The first-order chi connectivity index (χ1) is 8.01. The average molecular weight is 277 g/mol. The van der Waals surface area contributed by atoms with E-state index in [4.69, 9.17) is 5.73 Å². The van der Waals surface area contributed by atoms with Gasteiger partial charge in [0.05, 0.1) is 0 Å². The number of aromatic nitrogens is 2. The molecule has 0 saturated carbocycles. The van der Waals surface area contributed by atoms with E-state index < -0.39 is 30.2 Å². The highest BCUT2D eigenvalue weighted by atomic mass is 19.4. The van der Waals surface area contributed by atoms with Crippen LogP contribution in [-0.4, -0.2) is 28.5 Å². The van der Waals surface area contributed by atoms with Crippen LogP contribution in [-0.2, 0) is 6.42 Å². The Balaban J connectivity index is 3.04. The Labute approximate surface area is 97.1 Å². The van der Waals surface area contributed by atoms with E-state index in [1.165, 1.54) is 6.92 Å². The zero-order valence-electron chi connectivity index (χ0n) is 9.01. The van der Waals surface area contributed by atoms with Crippen molar-refractivity contribution in [1.29, 1.82) is 0 Å². The Morgan fingerprint density at radius 2 is 1.67 bits per heavy atom. The zero-order chi connectivity index (χ0) is 14.1. The molecule has 1 rings (SSSR count). The van der Waals surface area contributed by atoms with Crippen LogP contribution >= 0.6 is 0 Å². The van der Waals surface area contributed by atoms with Crippen LogP contribution in [0.1, 0.15) is 24.6 Å². The second kappa shape index (κ2) is 4.75. The molecule has 104 valence electrons. The van der Waals surface area contributed by atoms with Gasteiger partial charge in [-0.2, -0.15) is 31.3 Å². The number of nitrogens with zero attached hydrogens (tertiary/aromatic N) is 2. The summed E-state index contributed by atoms with van der Waals surface area (Å²) < 4.78 is 77.8. The van der Waals surface area contributed by atoms with Crippen molar-refractivity contribution in [3.05, 3.63) is 11.7 Å². The molecule has 0 aromatic carbocycles. The van der Waals surface area contributed by atoms with E-state index in [1.54, 1.807) is 0 Å². The standard InChI is InChI=1S/C8H9F6N3O/c1-3(15)2-4-16-6(18-17-4)5(7(9,10)11)8(12,13)14/h3,5H,2,15H2,1H3. The average Bonchev–Trinajstić information content (AvgIpc) is 2.45. The minimum Gasteiger partial charge on any atom is -0.338 e. The van der Waals surface area contributed by atoms with Crippen LogP contribution in [0.15, 0.2) is 4.52 Å². The lowest BCUT2D eigenvalue weighted by molar-refractivity contribution is -0.259. The molecule has 0 spiro atoms. The van der Waals surface area contributed by atoms with E-state index in [-0.39, 0.29) is 12.2 Å². The highest BCUT2D eigenvalue weighted by Crippen LogP contribution is 2.45. The summed E-state index contributed by atoms with van der Waals surface area (Å²) in [6, 6.07) is -0.509. The predicted molar refractivity (Wildman–Crippen MR) is 46.5 cm³/mol. The van der Waals surface area contributed by atoms with E-state index >= 15 is 0 Å². The topological polar surface area (TPSA) is 64.9 Å². The van der Waals surface area contributed by atoms with Gasteiger partial charge in [-0.15, -0.1) is 0 Å². The Bertz CT molecular complexity index is 382. The fourth-order valence-electron chi connectivity index (χ4n) is 1.22. The summed E-state index contributed by atoms with van der Waals surface area (Å²) >= 11 is 0. The van der Waals surface area contributed by atoms with Crippen LogP contribution in [0, 0.1) is 0 Å². The summed E-state index contributed by atoms with van der Waals surface area (Å²) in [5, 5.41) is 3.04. The highest BCUT2D eigenvalue weighted by molar-refractivity contribution is 5.02. The monoisotopic (exact) mass is 277 g/mol. The molecule has 0 radical (unpaired) electrons. The number of hydrogen-bond acceptors (Lipinski definition) is 4. The van der Waals surface area contributed by atoms with Crippen LogP contribution < -0.4 is 5.73 Å². The fraction of sp³-hybridized carbons (Fsp3) is 0.750. The van der Waals surface area contributed by atoms with Gasteiger partial charge in [0.1, 0.15) is 0 Å². The summed E-state index contributed by atoms with van der Waals surface area (Å²) in [5.41, 5.74) is 5.32. The third kappa shape index (κ3) is 3.59. The maximum Gasteiger partial charge on any atom is 0.409 e. The normalized spacial score (nSPS) is 15.2. The molecule has 1 unspecified atom stereocenters. The SMILES string of the molecule is CC(N)Cc1noc(C(C(F)(F)F)C(F)(F)F)n1. The van der Waals surface area contributed by atoms with Gasteiger partial charge in [-0.05, 0) is 6.92 Å². The van der Waals surface area contributed by atoms with E-state index in [0.717, 1.165) is 0 Å². The van der Waals surface area contributed by atoms with Crippen molar-refractivity contribution in [3.8, 4) is 0 Å². The molecular formula is C8H9F6N3O. The molecule has 0 amide bonds. The molecule has 0 aliphatic heterocycles. The molecule has 0 saturated heterocycles. The maximum atomic E-state index is 12.3. The van der Waals surface area contributed by atoms with Gasteiger partial charge in [-0.25, -0.2) is 0 Å². The quantitative estimate of drug-likeness (QED) is 0.860. The summed E-state index contributed by atoms with van der Waals surface area (Å²) in [4.78, 5) is 3.09. The van der Waals surface area contributed by atoms with Crippen molar-refractivity contribution in [3.63, 3.8) is 0 Å². The lowest BCUT2D eigenvalue weighted by atomic mass is 10.1. The third-order valence-electron chi connectivity index (χ3n) is 1.89. The van der Waals surface area contributed by atoms with E-state index in [0.29, 0.717) is 0 Å². The molecule has 18 heavy (non-hydrogen) atoms. The zero-order valence-corrected chi connectivity index (χ0v) is 9.01. The minimum absolute atomic E-state index is 0.0774. The van der Waals surface area contributed by atoms with Gasteiger partial charge in [-0.3, -0.25) is 0 Å². The van der Waals surface area contributed by atoms with Crippen molar-refractivity contribution >= 4 is 0 Å². The van der Waals surface area contributed by atoms with Gasteiger partial charge < -0.3 is 10.3 Å². The van der Waals surface area contributed by atoms with Crippen LogP contribution in [0.25, 0.3) is 0 Å². The maximum absolute atomic E-state index is 12.3. The van der Waals surface area contributed by atoms with Crippen molar-refractivity contribution < 1.29 is 30.9 Å². The fourth-order valence-corrected chi connectivity index (χ4v) is 1.22. The van der Waals surface area contributed by atoms with Crippen LogP contribution in [0.2, 0.25) is 0 Å². The molecule has 0 aliphatic rings. The van der Waals surface area contributed by atoms with E-state index in [2.05, 4.69) is 14.7 Å². The smallest absolute Gasteiger partial charge is 0.338 e. The Hall–Kier alpha value is -1.32. The Morgan fingerprint density at radius 1 is 1.17 bits per heavy atom. The predicted octanol–water partition coefficient (Wildman–Crippen LogP) is 2.17. The van der Waals surface area contributed by atoms with Crippen LogP contribution in [0.5, 0.6) is 0 Å². The number of alkyl halides is 6. The number of halogens is 6. The largest absolute Gasteiger partial charge is 0.409 e. The molecule has 10 heteroatoms. The van der Waals surface area contributed by atoms with Crippen molar-refractivity contribution in [2.24, 2.45) is 5.73 Å². The van der Waals surface area contributed by atoms with Gasteiger partial charge in [0.2, 0.25) is 11.8 Å². The molecule has 2 N–H and O–H groups in total. The molecule has 1 aromatic heterocycles. The molecule has 0 bridgehead atoms. The van der Waals surface area contributed by atoms with E-state index in [1.807, 2.05) is 0 Å². The molecule has 1 atom stereocenters. The second-order valence-corrected chi connectivity index (χ2v) is 3.75. The summed E-state index contributed by atoms with van der Waals surface area (Å²) in [6.07, 6.45) is -11.2. The first-order valence-corrected chi connectivity index (χ1v) is 4.73.